The number of fused-ring (bicyclic) bond motifs is 9. The van der Waals surface area contributed by atoms with Gasteiger partial charge in [-0.2, -0.15) is 0 Å². The Morgan fingerprint density at radius 2 is 1.07 bits per heavy atom. The molecule has 0 amide bonds. The van der Waals surface area contributed by atoms with E-state index >= 15 is 0 Å². The van der Waals surface area contributed by atoms with Crippen molar-refractivity contribution >= 4 is 58.6 Å². The van der Waals surface area contributed by atoms with Crippen LogP contribution in [0.15, 0.2) is 149 Å². The first-order chi connectivity index (χ1) is 22.1. The second kappa shape index (κ2) is 8.91. The zero-order valence-corrected chi connectivity index (χ0v) is 25.5. The van der Waals surface area contributed by atoms with Gasteiger partial charge in [0.2, 0.25) is 9.84 Å². The van der Waals surface area contributed by atoms with Crippen molar-refractivity contribution in [2.24, 2.45) is 0 Å². The SMILES string of the molecule is O=S1(=O)c2ccc(-c3ccccc3)cc2-c2cc(-c3cccc(-c4cc5c6ccccc6n6c7sccc7c(c4)c56)c3)ccc21. The maximum absolute atomic E-state index is 13.5. The van der Waals surface area contributed by atoms with E-state index in [4.69, 9.17) is 0 Å². The van der Waals surface area contributed by atoms with Gasteiger partial charge in [0.15, 0.2) is 0 Å². The molecule has 9 aromatic rings. The lowest BCUT2D eigenvalue weighted by Gasteiger charge is -2.09. The average molecular weight is 614 g/mol. The summed E-state index contributed by atoms with van der Waals surface area (Å²) in [5, 5.41) is 7.27. The first kappa shape index (κ1) is 25.1. The van der Waals surface area contributed by atoms with Crippen LogP contribution in [-0.4, -0.2) is 12.8 Å². The molecule has 45 heavy (non-hydrogen) atoms. The van der Waals surface area contributed by atoms with Crippen molar-refractivity contribution in [3.05, 3.63) is 139 Å². The second-order valence-electron chi connectivity index (χ2n) is 11.8. The molecule has 0 N–H and O–H groups in total. The Morgan fingerprint density at radius 1 is 0.467 bits per heavy atom. The second-order valence-corrected chi connectivity index (χ2v) is 14.6. The quantitative estimate of drug-likeness (QED) is 0.199. The number of thiophene rings is 1. The molecule has 0 bridgehead atoms. The molecule has 10 rings (SSSR count). The molecule has 0 fully saturated rings. The minimum Gasteiger partial charge on any atom is -0.300 e. The minimum absolute atomic E-state index is 0.374. The van der Waals surface area contributed by atoms with Crippen LogP contribution in [0.3, 0.4) is 0 Å². The maximum Gasteiger partial charge on any atom is 0.207 e. The summed E-state index contributed by atoms with van der Waals surface area (Å²) in [5.74, 6) is 0. The molecule has 0 saturated carbocycles. The molecule has 0 unspecified atom stereocenters. The van der Waals surface area contributed by atoms with Crippen LogP contribution in [0.4, 0.5) is 0 Å². The van der Waals surface area contributed by atoms with E-state index in [1.165, 1.54) is 43.0 Å². The van der Waals surface area contributed by atoms with Gasteiger partial charge in [-0.1, -0.05) is 78.9 Å². The van der Waals surface area contributed by atoms with Crippen molar-refractivity contribution in [1.29, 1.82) is 0 Å². The van der Waals surface area contributed by atoms with Crippen molar-refractivity contribution in [3.8, 4) is 44.5 Å². The van der Waals surface area contributed by atoms with Gasteiger partial charge in [-0.05, 0) is 93.4 Å². The summed E-state index contributed by atoms with van der Waals surface area (Å²) in [7, 11) is -3.57. The lowest BCUT2D eigenvalue weighted by Crippen LogP contribution is -1.96. The fourth-order valence-corrected chi connectivity index (χ4v) is 9.88. The molecular weight excluding hydrogens is 591 g/mol. The fraction of sp³-hybridized carbons (Fsp3) is 0. The van der Waals surface area contributed by atoms with Crippen LogP contribution in [0.2, 0.25) is 0 Å². The Bertz CT molecular complexity index is 2770. The zero-order chi connectivity index (χ0) is 29.9. The first-order valence-electron chi connectivity index (χ1n) is 14.9. The summed E-state index contributed by atoms with van der Waals surface area (Å²) in [6, 6.07) is 45.7. The smallest absolute Gasteiger partial charge is 0.207 e. The van der Waals surface area contributed by atoms with Crippen molar-refractivity contribution in [3.63, 3.8) is 0 Å². The molecule has 212 valence electrons. The van der Waals surface area contributed by atoms with Crippen molar-refractivity contribution in [1.82, 2.24) is 4.40 Å². The van der Waals surface area contributed by atoms with Crippen LogP contribution in [0, 0.1) is 0 Å². The predicted octanol–water partition coefficient (Wildman–Crippen LogP) is 10.7. The Balaban J connectivity index is 1.14. The highest BCUT2D eigenvalue weighted by Gasteiger charge is 2.33. The van der Waals surface area contributed by atoms with Crippen LogP contribution >= 0.6 is 11.3 Å². The molecule has 3 aromatic heterocycles. The molecule has 5 heteroatoms. The molecule has 0 spiro atoms. The van der Waals surface area contributed by atoms with Crippen LogP contribution in [0.1, 0.15) is 0 Å². The fourth-order valence-electron chi connectivity index (χ4n) is 7.30. The van der Waals surface area contributed by atoms with E-state index < -0.39 is 9.84 Å². The van der Waals surface area contributed by atoms with Gasteiger partial charge in [-0.15, -0.1) is 11.3 Å². The molecule has 3 nitrogen and oxygen atoms in total. The minimum atomic E-state index is -3.57. The van der Waals surface area contributed by atoms with E-state index in [1.807, 2.05) is 42.5 Å². The maximum atomic E-state index is 13.5. The van der Waals surface area contributed by atoms with E-state index in [9.17, 15) is 8.42 Å². The summed E-state index contributed by atoms with van der Waals surface area (Å²) in [5.41, 5.74) is 10.5. The number of aromatic nitrogens is 1. The molecule has 1 aliphatic rings. The lowest BCUT2D eigenvalue weighted by atomic mass is 9.94. The molecule has 0 saturated heterocycles. The van der Waals surface area contributed by atoms with Crippen LogP contribution < -0.4 is 0 Å². The number of hydrogen-bond donors (Lipinski definition) is 0. The Kier molecular flexibility index (Phi) is 4.98. The van der Waals surface area contributed by atoms with Crippen LogP contribution in [-0.2, 0) is 9.84 Å². The lowest BCUT2D eigenvalue weighted by molar-refractivity contribution is 0.598. The monoisotopic (exact) mass is 613 g/mol. The Labute approximate surface area is 263 Å². The standard InChI is InChI=1S/C40H23NO2S2/c42-45(43)37-15-13-27(24-7-2-1-3-8-24)20-32(37)33-21-28(14-16-38(33)45)25-9-6-10-26(19-25)29-22-34-30-11-4-5-12-36(30)41-39(34)35(23-29)31-17-18-44-40(31)41/h1-23H. The molecule has 6 aromatic carbocycles. The Morgan fingerprint density at radius 3 is 1.82 bits per heavy atom. The van der Waals surface area contributed by atoms with Gasteiger partial charge in [0.1, 0.15) is 4.83 Å². The number of hydrogen-bond acceptors (Lipinski definition) is 3. The van der Waals surface area contributed by atoms with Gasteiger partial charge in [0, 0.05) is 32.7 Å². The average Bonchev–Trinajstić information content (AvgIpc) is 3.82. The molecule has 4 heterocycles. The summed E-state index contributed by atoms with van der Waals surface area (Å²) in [6.45, 7) is 0. The van der Waals surface area contributed by atoms with E-state index in [-0.39, 0.29) is 0 Å². The number of para-hydroxylation sites is 1. The molecule has 0 aliphatic carbocycles. The van der Waals surface area contributed by atoms with E-state index in [1.54, 1.807) is 23.5 Å². The highest BCUT2D eigenvalue weighted by molar-refractivity contribution is 7.92. The normalized spacial score (nSPS) is 13.7. The Hall–Kier alpha value is -5.23. The third-order valence-corrected chi connectivity index (χ3v) is 12.1. The molecular formula is C40H23NO2S2. The van der Waals surface area contributed by atoms with Crippen LogP contribution in [0.5, 0.6) is 0 Å². The third kappa shape index (κ3) is 3.42. The van der Waals surface area contributed by atoms with E-state index in [0.717, 1.165) is 38.9 Å². The summed E-state index contributed by atoms with van der Waals surface area (Å²) >= 11 is 1.79. The van der Waals surface area contributed by atoms with Gasteiger partial charge < -0.3 is 0 Å². The summed E-state index contributed by atoms with van der Waals surface area (Å²) in [4.78, 5) is 2.03. The molecule has 0 atom stereocenters. The van der Waals surface area contributed by atoms with Gasteiger partial charge in [0.05, 0.1) is 20.8 Å². The number of sulfone groups is 1. The van der Waals surface area contributed by atoms with Crippen molar-refractivity contribution in [2.75, 3.05) is 0 Å². The van der Waals surface area contributed by atoms with Crippen LogP contribution in [0.25, 0.3) is 81.9 Å². The topological polar surface area (TPSA) is 38.5 Å². The van der Waals surface area contributed by atoms with Crippen molar-refractivity contribution in [2.45, 2.75) is 9.79 Å². The zero-order valence-electron chi connectivity index (χ0n) is 23.9. The summed E-state index contributed by atoms with van der Waals surface area (Å²) in [6.07, 6.45) is 0. The number of benzene rings is 6. The van der Waals surface area contributed by atoms with E-state index in [2.05, 4.69) is 88.6 Å². The highest BCUT2D eigenvalue weighted by atomic mass is 32.2. The van der Waals surface area contributed by atoms with Gasteiger partial charge in [-0.25, -0.2) is 8.42 Å². The predicted molar refractivity (Wildman–Crippen MR) is 186 cm³/mol. The van der Waals surface area contributed by atoms with Gasteiger partial charge in [-0.3, -0.25) is 4.40 Å². The van der Waals surface area contributed by atoms with E-state index in [0.29, 0.717) is 9.79 Å². The molecule has 0 radical (unpaired) electrons. The van der Waals surface area contributed by atoms with Gasteiger partial charge in [0.25, 0.3) is 0 Å². The summed E-state index contributed by atoms with van der Waals surface area (Å²) < 4.78 is 29.5. The largest absolute Gasteiger partial charge is 0.300 e. The van der Waals surface area contributed by atoms with Gasteiger partial charge >= 0.3 is 0 Å². The third-order valence-electron chi connectivity index (χ3n) is 9.37. The van der Waals surface area contributed by atoms with Crippen molar-refractivity contribution < 1.29 is 8.42 Å². The first-order valence-corrected chi connectivity index (χ1v) is 17.3. The number of nitrogens with zero attached hydrogens (tertiary/aromatic N) is 1. The molecule has 1 aliphatic heterocycles. The highest BCUT2D eigenvalue weighted by Crippen LogP contribution is 2.47. The number of rotatable bonds is 3.